The number of carbonyl (C=O) groups excluding carboxylic acids is 2. The van der Waals surface area contributed by atoms with Crippen molar-refractivity contribution in [1.29, 1.82) is 0 Å². The van der Waals surface area contributed by atoms with Crippen LogP contribution in [0.15, 0.2) is 0 Å². The highest BCUT2D eigenvalue weighted by Gasteiger charge is 2.32. The number of aliphatic carboxylic acids is 1. The third kappa shape index (κ3) is 8.17. The molecule has 0 aromatic rings. The standard InChI is InChI=1S/C17H32N2O5/c1-8-9-13(15(21)22)19(7)14(20)12(10-11(2)3)18-16(23)24-17(4,5)6/h11-13H,8-10H2,1-7H3,(H,18,23)(H,21,22)/t12-,13+/m1/s1. The molecule has 2 atom stereocenters. The van der Waals surface area contributed by atoms with Crippen LogP contribution in [0.4, 0.5) is 4.79 Å². The molecule has 140 valence electrons. The van der Waals surface area contributed by atoms with Crippen molar-refractivity contribution in [2.24, 2.45) is 5.92 Å². The van der Waals surface area contributed by atoms with Gasteiger partial charge in [0.05, 0.1) is 0 Å². The first-order chi connectivity index (χ1) is 10.9. The Morgan fingerprint density at radius 2 is 1.75 bits per heavy atom. The Kier molecular flexibility index (Phi) is 8.78. The fourth-order valence-corrected chi connectivity index (χ4v) is 2.30. The van der Waals surface area contributed by atoms with Gasteiger partial charge in [0, 0.05) is 7.05 Å². The van der Waals surface area contributed by atoms with Crippen molar-refractivity contribution < 1.29 is 24.2 Å². The summed E-state index contributed by atoms with van der Waals surface area (Å²) in [6.07, 6.45) is 0.722. The largest absolute Gasteiger partial charge is 0.480 e. The van der Waals surface area contributed by atoms with Gasteiger partial charge in [0.15, 0.2) is 0 Å². The van der Waals surface area contributed by atoms with E-state index in [2.05, 4.69) is 5.32 Å². The SMILES string of the molecule is CCC[C@@H](C(=O)O)N(C)C(=O)[C@@H](CC(C)C)NC(=O)OC(C)(C)C. The topological polar surface area (TPSA) is 95.9 Å². The minimum Gasteiger partial charge on any atom is -0.480 e. The fourth-order valence-electron chi connectivity index (χ4n) is 2.30. The zero-order chi connectivity index (χ0) is 19.1. The van der Waals surface area contributed by atoms with E-state index in [1.165, 1.54) is 11.9 Å². The lowest BCUT2D eigenvalue weighted by Gasteiger charge is -2.30. The first-order valence-corrected chi connectivity index (χ1v) is 8.38. The summed E-state index contributed by atoms with van der Waals surface area (Å²) in [4.78, 5) is 37.3. The van der Waals surface area contributed by atoms with Gasteiger partial charge >= 0.3 is 12.1 Å². The number of likely N-dealkylation sites (N-methyl/N-ethyl adjacent to an activating group) is 1. The van der Waals surface area contributed by atoms with Crippen LogP contribution in [0.25, 0.3) is 0 Å². The van der Waals surface area contributed by atoms with Crippen molar-refractivity contribution in [3.05, 3.63) is 0 Å². The smallest absolute Gasteiger partial charge is 0.408 e. The molecule has 0 rings (SSSR count). The number of hydrogen-bond donors (Lipinski definition) is 2. The summed E-state index contributed by atoms with van der Waals surface area (Å²) >= 11 is 0. The first kappa shape index (κ1) is 22.2. The van der Waals surface area contributed by atoms with Gasteiger partial charge in [-0.15, -0.1) is 0 Å². The highest BCUT2D eigenvalue weighted by Crippen LogP contribution is 2.14. The first-order valence-electron chi connectivity index (χ1n) is 8.38. The Bertz CT molecular complexity index is 443. The van der Waals surface area contributed by atoms with E-state index in [0.717, 1.165) is 0 Å². The van der Waals surface area contributed by atoms with Gasteiger partial charge in [-0.25, -0.2) is 9.59 Å². The highest BCUT2D eigenvalue weighted by atomic mass is 16.6. The quantitative estimate of drug-likeness (QED) is 0.705. The third-order valence-corrected chi connectivity index (χ3v) is 3.36. The third-order valence-electron chi connectivity index (χ3n) is 3.36. The number of carboxylic acid groups (broad SMARTS) is 1. The number of hydrogen-bond acceptors (Lipinski definition) is 4. The van der Waals surface area contributed by atoms with E-state index < -0.39 is 35.7 Å². The molecule has 0 aliphatic carbocycles. The van der Waals surface area contributed by atoms with E-state index >= 15 is 0 Å². The molecule has 0 fully saturated rings. The summed E-state index contributed by atoms with van der Waals surface area (Å²) < 4.78 is 5.20. The zero-order valence-corrected chi connectivity index (χ0v) is 15.9. The lowest BCUT2D eigenvalue weighted by Crippen LogP contribution is -2.53. The van der Waals surface area contributed by atoms with Crippen LogP contribution in [-0.4, -0.2) is 52.7 Å². The molecule has 0 radical (unpaired) electrons. The zero-order valence-electron chi connectivity index (χ0n) is 15.9. The molecule has 2 N–H and O–H groups in total. The van der Waals surface area contributed by atoms with Gasteiger partial charge in [0.1, 0.15) is 17.7 Å². The van der Waals surface area contributed by atoms with Crippen LogP contribution in [0.1, 0.15) is 60.8 Å². The predicted octanol–water partition coefficient (Wildman–Crippen LogP) is 2.64. The molecule has 2 amide bonds. The van der Waals surface area contributed by atoms with Gasteiger partial charge in [0.25, 0.3) is 0 Å². The molecular formula is C17H32N2O5. The Balaban J connectivity index is 5.17. The Hall–Kier alpha value is -1.79. The number of carboxylic acids is 1. The van der Waals surface area contributed by atoms with Crippen molar-refractivity contribution in [1.82, 2.24) is 10.2 Å². The van der Waals surface area contributed by atoms with Crippen LogP contribution >= 0.6 is 0 Å². The second-order valence-electron chi connectivity index (χ2n) is 7.42. The van der Waals surface area contributed by atoms with Crippen molar-refractivity contribution >= 4 is 18.0 Å². The molecule has 0 aliphatic rings. The van der Waals surface area contributed by atoms with Crippen molar-refractivity contribution in [2.75, 3.05) is 7.05 Å². The summed E-state index contributed by atoms with van der Waals surface area (Å²) in [5, 5.41) is 11.9. The van der Waals surface area contributed by atoms with Crippen LogP contribution in [0.3, 0.4) is 0 Å². The van der Waals surface area contributed by atoms with Gasteiger partial charge < -0.3 is 20.1 Å². The molecule has 0 unspecified atom stereocenters. The summed E-state index contributed by atoms with van der Waals surface area (Å²) in [6, 6.07) is -1.72. The number of nitrogens with one attached hydrogen (secondary N) is 1. The second kappa shape index (κ2) is 9.49. The molecule has 7 nitrogen and oxygen atoms in total. The molecule has 24 heavy (non-hydrogen) atoms. The van der Waals surface area contributed by atoms with Crippen molar-refractivity contribution in [2.45, 2.75) is 78.5 Å². The van der Waals surface area contributed by atoms with Gasteiger partial charge in [-0.05, 0) is 39.5 Å². The number of amides is 2. The summed E-state index contributed by atoms with van der Waals surface area (Å²) in [5.41, 5.74) is -0.673. The van der Waals surface area contributed by atoms with E-state index in [1.807, 2.05) is 20.8 Å². The minimum atomic E-state index is -1.05. The van der Waals surface area contributed by atoms with Gasteiger partial charge in [0.2, 0.25) is 5.91 Å². The lowest BCUT2D eigenvalue weighted by atomic mass is 10.0. The molecule has 0 aromatic heterocycles. The molecule has 0 bridgehead atoms. The number of nitrogens with zero attached hydrogens (tertiary/aromatic N) is 1. The highest BCUT2D eigenvalue weighted by molar-refractivity contribution is 5.89. The predicted molar refractivity (Wildman–Crippen MR) is 91.7 cm³/mol. The number of alkyl carbamates (subject to hydrolysis) is 1. The molecule has 0 heterocycles. The lowest BCUT2D eigenvalue weighted by molar-refractivity contribution is -0.150. The van der Waals surface area contributed by atoms with Crippen molar-refractivity contribution in [3.8, 4) is 0 Å². The van der Waals surface area contributed by atoms with Crippen molar-refractivity contribution in [3.63, 3.8) is 0 Å². The molecular weight excluding hydrogens is 312 g/mol. The molecule has 7 heteroatoms. The Morgan fingerprint density at radius 3 is 2.12 bits per heavy atom. The van der Waals surface area contributed by atoms with Gasteiger partial charge in [-0.3, -0.25) is 4.79 Å². The van der Waals surface area contributed by atoms with Gasteiger partial charge in [-0.1, -0.05) is 27.2 Å². The number of rotatable bonds is 8. The normalized spacial score (nSPS) is 14.0. The van der Waals surface area contributed by atoms with E-state index in [9.17, 15) is 19.5 Å². The second-order valence-corrected chi connectivity index (χ2v) is 7.42. The Labute approximate surface area is 144 Å². The van der Waals surface area contributed by atoms with E-state index in [-0.39, 0.29) is 5.92 Å². The van der Waals surface area contributed by atoms with Crippen LogP contribution in [0.5, 0.6) is 0 Å². The average molecular weight is 344 g/mol. The molecule has 0 aromatic carbocycles. The Morgan fingerprint density at radius 1 is 1.21 bits per heavy atom. The van der Waals surface area contributed by atoms with Crippen LogP contribution in [0, 0.1) is 5.92 Å². The maximum atomic E-state index is 12.7. The van der Waals surface area contributed by atoms with Crippen LogP contribution < -0.4 is 5.32 Å². The summed E-state index contributed by atoms with van der Waals surface area (Å²) in [6.45, 7) is 10.9. The monoisotopic (exact) mass is 344 g/mol. The minimum absolute atomic E-state index is 0.150. The molecule has 0 spiro atoms. The van der Waals surface area contributed by atoms with E-state index in [4.69, 9.17) is 4.74 Å². The number of ether oxygens (including phenoxy) is 1. The van der Waals surface area contributed by atoms with E-state index in [1.54, 1.807) is 20.8 Å². The van der Waals surface area contributed by atoms with E-state index in [0.29, 0.717) is 19.3 Å². The molecule has 0 saturated carbocycles. The molecule has 0 saturated heterocycles. The average Bonchev–Trinajstić information content (AvgIpc) is 2.39. The maximum Gasteiger partial charge on any atom is 0.408 e. The molecule has 0 aliphatic heterocycles. The number of carbonyl (C=O) groups is 3. The summed E-state index contributed by atoms with van der Waals surface area (Å²) in [7, 11) is 1.46. The van der Waals surface area contributed by atoms with Crippen LogP contribution in [0.2, 0.25) is 0 Å². The fraction of sp³-hybridized carbons (Fsp3) is 0.824. The van der Waals surface area contributed by atoms with Crippen LogP contribution in [-0.2, 0) is 14.3 Å². The van der Waals surface area contributed by atoms with Gasteiger partial charge in [-0.2, -0.15) is 0 Å². The summed E-state index contributed by atoms with van der Waals surface area (Å²) in [5.74, 6) is -1.32. The maximum absolute atomic E-state index is 12.7.